The third-order valence-corrected chi connectivity index (χ3v) is 5.63. The Balaban J connectivity index is 1.43. The second-order valence-corrected chi connectivity index (χ2v) is 7.79. The smallest absolute Gasteiger partial charge is 0.164 e. The lowest BCUT2D eigenvalue weighted by molar-refractivity contribution is 0.0398. The molecule has 9 nitrogen and oxygen atoms in total. The van der Waals surface area contributed by atoms with Gasteiger partial charge in [-0.1, -0.05) is 30.3 Å². The molecule has 3 heterocycles. The van der Waals surface area contributed by atoms with Gasteiger partial charge in [0.15, 0.2) is 17.5 Å². The Kier molecular flexibility index (Phi) is 7.89. The normalized spacial score (nSPS) is 18.1. The van der Waals surface area contributed by atoms with E-state index in [1.165, 1.54) is 0 Å². The van der Waals surface area contributed by atoms with Crippen molar-refractivity contribution < 1.29 is 9.47 Å². The number of aromatic nitrogens is 2. The topological polar surface area (TPSA) is 101 Å². The van der Waals surface area contributed by atoms with E-state index in [2.05, 4.69) is 20.4 Å². The van der Waals surface area contributed by atoms with Crippen LogP contribution in [0.5, 0.6) is 0 Å². The summed E-state index contributed by atoms with van der Waals surface area (Å²) in [5, 5.41) is 6.85. The van der Waals surface area contributed by atoms with Crippen molar-refractivity contribution in [2.75, 3.05) is 95.2 Å². The number of ether oxygens (including phenoxy) is 2. The number of hydrogen-bond donors (Lipinski definition) is 3. The van der Waals surface area contributed by atoms with Crippen molar-refractivity contribution in [3.8, 4) is 11.4 Å². The van der Waals surface area contributed by atoms with Gasteiger partial charge in [0, 0.05) is 57.9 Å². The zero-order valence-corrected chi connectivity index (χ0v) is 18.1. The van der Waals surface area contributed by atoms with Gasteiger partial charge in [-0.15, -0.1) is 0 Å². The first-order valence-electron chi connectivity index (χ1n) is 11.1. The van der Waals surface area contributed by atoms with E-state index in [1.807, 2.05) is 30.3 Å². The van der Waals surface area contributed by atoms with Gasteiger partial charge in [0.1, 0.15) is 5.69 Å². The van der Waals surface area contributed by atoms with Crippen LogP contribution >= 0.6 is 0 Å². The van der Waals surface area contributed by atoms with Gasteiger partial charge in [-0.25, -0.2) is 9.97 Å². The molecule has 1 aromatic heterocycles. The van der Waals surface area contributed by atoms with E-state index in [0.29, 0.717) is 23.1 Å². The SMILES string of the molecule is Nc1c(NCCN2CCOCC2)nc(-c2ccccc2)nc1NCCN1CCOCC1. The molecule has 0 amide bonds. The highest BCUT2D eigenvalue weighted by atomic mass is 16.5. The van der Waals surface area contributed by atoms with Gasteiger partial charge < -0.3 is 25.8 Å². The minimum Gasteiger partial charge on any atom is -0.393 e. The molecule has 2 fully saturated rings. The molecule has 0 radical (unpaired) electrons. The molecule has 0 aliphatic carbocycles. The fourth-order valence-electron chi connectivity index (χ4n) is 3.77. The summed E-state index contributed by atoms with van der Waals surface area (Å²) in [5.74, 6) is 2.02. The van der Waals surface area contributed by atoms with Crippen molar-refractivity contribution in [2.24, 2.45) is 0 Å². The quantitative estimate of drug-likeness (QED) is 0.545. The van der Waals surface area contributed by atoms with Crippen LogP contribution in [-0.4, -0.2) is 98.6 Å². The molecule has 0 bridgehead atoms. The molecule has 2 aliphatic rings. The van der Waals surface area contributed by atoms with Crippen molar-refractivity contribution in [3.05, 3.63) is 30.3 Å². The summed E-state index contributed by atoms with van der Waals surface area (Å²) in [6.45, 7) is 10.4. The van der Waals surface area contributed by atoms with E-state index in [1.54, 1.807) is 0 Å². The summed E-state index contributed by atoms with van der Waals surface area (Å²) in [6.07, 6.45) is 0. The Morgan fingerprint density at radius 2 is 1.26 bits per heavy atom. The Hall–Kier alpha value is -2.46. The van der Waals surface area contributed by atoms with Gasteiger partial charge in [-0.05, 0) is 0 Å². The monoisotopic (exact) mass is 427 g/mol. The number of rotatable bonds is 9. The molecule has 2 saturated heterocycles. The van der Waals surface area contributed by atoms with Crippen LogP contribution in [0.4, 0.5) is 17.3 Å². The Labute approximate surface area is 183 Å². The van der Waals surface area contributed by atoms with Gasteiger partial charge in [0.25, 0.3) is 0 Å². The Morgan fingerprint density at radius 1 is 0.774 bits per heavy atom. The van der Waals surface area contributed by atoms with E-state index in [9.17, 15) is 0 Å². The molecule has 0 saturated carbocycles. The second kappa shape index (κ2) is 11.2. The zero-order valence-electron chi connectivity index (χ0n) is 18.1. The number of nitrogens with zero attached hydrogens (tertiary/aromatic N) is 4. The summed E-state index contributed by atoms with van der Waals surface area (Å²) >= 11 is 0. The van der Waals surface area contributed by atoms with Crippen LogP contribution in [0.15, 0.2) is 30.3 Å². The molecule has 1 aromatic carbocycles. The molecule has 4 rings (SSSR count). The van der Waals surface area contributed by atoms with Gasteiger partial charge in [0.05, 0.1) is 26.4 Å². The second-order valence-electron chi connectivity index (χ2n) is 7.79. The highest BCUT2D eigenvalue weighted by Crippen LogP contribution is 2.28. The number of hydrogen-bond acceptors (Lipinski definition) is 9. The maximum atomic E-state index is 6.45. The molecular weight excluding hydrogens is 394 g/mol. The van der Waals surface area contributed by atoms with E-state index in [4.69, 9.17) is 25.2 Å². The Bertz CT molecular complexity index is 764. The average Bonchev–Trinajstić information content (AvgIpc) is 2.83. The maximum Gasteiger partial charge on any atom is 0.164 e. The number of morpholine rings is 2. The van der Waals surface area contributed by atoms with Gasteiger partial charge >= 0.3 is 0 Å². The zero-order chi connectivity index (χ0) is 21.3. The van der Waals surface area contributed by atoms with Crippen molar-refractivity contribution in [3.63, 3.8) is 0 Å². The average molecular weight is 428 g/mol. The lowest BCUT2D eigenvalue weighted by Gasteiger charge is -2.27. The maximum absolute atomic E-state index is 6.45. The van der Waals surface area contributed by atoms with Crippen LogP contribution in [0.3, 0.4) is 0 Å². The minimum absolute atomic E-state index is 0.559. The number of anilines is 3. The summed E-state index contributed by atoms with van der Waals surface area (Å²) in [6, 6.07) is 10.0. The lowest BCUT2D eigenvalue weighted by atomic mass is 10.2. The fourth-order valence-corrected chi connectivity index (χ4v) is 3.77. The predicted molar refractivity (Wildman–Crippen MR) is 123 cm³/mol. The number of nitrogens with two attached hydrogens (primary N) is 1. The van der Waals surface area contributed by atoms with E-state index in [0.717, 1.165) is 84.3 Å². The van der Waals surface area contributed by atoms with Gasteiger partial charge in [-0.3, -0.25) is 9.80 Å². The molecule has 2 aromatic rings. The first kappa shape index (κ1) is 21.8. The van der Waals surface area contributed by atoms with Crippen LogP contribution in [-0.2, 0) is 9.47 Å². The van der Waals surface area contributed by atoms with Gasteiger partial charge in [-0.2, -0.15) is 0 Å². The number of nitrogens with one attached hydrogen (secondary N) is 2. The highest BCUT2D eigenvalue weighted by molar-refractivity contribution is 5.77. The van der Waals surface area contributed by atoms with E-state index >= 15 is 0 Å². The molecule has 2 aliphatic heterocycles. The number of benzene rings is 1. The molecule has 4 N–H and O–H groups in total. The molecule has 168 valence electrons. The van der Waals surface area contributed by atoms with Crippen LogP contribution in [0, 0.1) is 0 Å². The molecule has 0 unspecified atom stereocenters. The first-order valence-corrected chi connectivity index (χ1v) is 11.1. The molecule has 9 heteroatoms. The third kappa shape index (κ3) is 6.27. The van der Waals surface area contributed by atoms with Crippen LogP contribution in [0.2, 0.25) is 0 Å². The largest absolute Gasteiger partial charge is 0.393 e. The molecule has 0 spiro atoms. The molecule has 0 atom stereocenters. The highest BCUT2D eigenvalue weighted by Gasteiger charge is 2.15. The summed E-state index contributed by atoms with van der Waals surface area (Å²) in [4.78, 5) is 14.2. The molecular formula is C22H33N7O2. The van der Waals surface area contributed by atoms with Crippen molar-refractivity contribution in [1.29, 1.82) is 0 Å². The van der Waals surface area contributed by atoms with E-state index < -0.39 is 0 Å². The summed E-state index contributed by atoms with van der Waals surface area (Å²) in [7, 11) is 0. The number of nitrogen functional groups attached to an aromatic ring is 1. The minimum atomic E-state index is 0.559. The van der Waals surface area contributed by atoms with Gasteiger partial charge in [0.2, 0.25) is 0 Å². The Morgan fingerprint density at radius 3 is 1.74 bits per heavy atom. The fraction of sp³-hybridized carbons (Fsp3) is 0.545. The van der Waals surface area contributed by atoms with E-state index in [-0.39, 0.29) is 0 Å². The third-order valence-electron chi connectivity index (χ3n) is 5.63. The van der Waals surface area contributed by atoms with Crippen LogP contribution < -0.4 is 16.4 Å². The molecule has 31 heavy (non-hydrogen) atoms. The first-order chi connectivity index (χ1) is 15.3. The van der Waals surface area contributed by atoms with Crippen LogP contribution in [0.25, 0.3) is 11.4 Å². The van der Waals surface area contributed by atoms with Crippen molar-refractivity contribution in [1.82, 2.24) is 19.8 Å². The predicted octanol–water partition coefficient (Wildman–Crippen LogP) is 1.21. The van der Waals surface area contributed by atoms with Crippen LogP contribution in [0.1, 0.15) is 0 Å². The summed E-state index contributed by atoms with van der Waals surface area (Å²) < 4.78 is 10.8. The lowest BCUT2D eigenvalue weighted by Crippen LogP contribution is -2.39. The van der Waals surface area contributed by atoms with Crippen molar-refractivity contribution >= 4 is 17.3 Å². The summed E-state index contributed by atoms with van der Waals surface area (Å²) in [5.41, 5.74) is 7.98. The van der Waals surface area contributed by atoms with Crippen molar-refractivity contribution in [2.45, 2.75) is 0 Å². The standard InChI is InChI=1S/C22H33N7O2/c23-19-21(24-6-8-28-10-14-30-15-11-28)26-20(18-4-2-1-3-5-18)27-22(19)25-7-9-29-12-16-31-17-13-29/h1-5H,6-17,23H2,(H2,24,25,26,27).